The first-order valence-electron chi connectivity index (χ1n) is 40.7. The van der Waals surface area contributed by atoms with Crippen molar-refractivity contribution in [3.8, 4) is 12.2 Å². The summed E-state index contributed by atoms with van der Waals surface area (Å²) in [6.07, 6.45) is 4.18. The molecular weight excluding hydrogens is 1880 g/mol. The number of nitrogens with zero attached hydrogens (tertiary/aromatic N) is 7. The number of esters is 5. The van der Waals surface area contributed by atoms with Crippen molar-refractivity contribution in [2.24, 2.45) is 9.98 Å². The number of ether oxygens (including phenoxy) is 6. The minimum atomic E-state index is -1.05. The molecule has 706 valence electrons. The molecule has 1 aliphatic rings. The zero-order valence-electron chi connectivity index (χ0n) is 74.3. The molecule has 135 heavy (non-hydrogen) atoms. The average Bonchev–Trinajstić information content (AvgIpc) is 0.807. The predicted octanol–water partition coefficient (Wildman–Crippen LogP) is 15.1. The molecule has 4 N–H and O–H groups in total. The maximum atomic E-state index is 12.7. The number of aromatic carboxylic acids is 1. The SMILES string of the molecule is CC(C)OC(=O)[C@H](Cc1ccc(C(=O)O)cc1)NC(=O)c1c(Cl)cccc1Cl.CC(C)OC(=O)[C@H](Cc1ccc(N=C=O)cc1)NC(=O)c1c(Cl)cccc1Cl.CCOc1nc2ccc(CN(C)C=O)cc2c(=O)o1.CCOc1nc2ccc(N(C)C)cc2c(=O)o1.CN(C=O)Cc1ccc2c(c1)C(=O)OC(=O)C2.COC(=O)[C@H](Cc1ccc(N=C=O)cc1)NC(=O)c1c(Cl)cccc1Cl. The molecule has 3 heterocycles. The summed E-state index contributed by atoms with van der Waals surface area (Å²) in [5.74, 6) is -5.78. The number of carbonyl (C=O) groups excluding carboxylic acids is 12. The quantitative estimate of drug-likeness (QED) is 0.00783. The lowest BCUT2D eigenvalue weighted by atomic mass is 9.99. The van der Waals surface area contributed by atoms with Gasteiger partial charge in [-0.05, 0) is 184 Å². The molecule has 0 radical (unpaired) electrons. The Hall–Kier alpha value is -14.5. The van der Waals surface area contributed by atoms with Crippen LogP contribution in [0.5, 0.6) is 12.2 Å². The van der Waals surface area contributed by atoms with E-state index in [-0.39, 0.29) is 102 Å². The van der Waals surface area contributed by atoms with Crippen molar-refractivity contribution < 1.29 is 105 Å². The number of carboxylic acids is 1. The Kier molecular flexibility index (Phi) is 42.5. The zero-order valence-corrected chi connectivity index (χ0v) is 78.8. The van der Waals surface area contributed by atoms with Crippen molar-refractivity contribution in [2.75, 3.05) is 53.4 Å². The van der Waals surface area contributed by atoms with E-state index in [1.165, 1.54) is 77.6 Å². The van der Waals surface area contributed by atoms with E-state index in [1.54, 1.807) is 177 Å². The smallest absolute Gasteiger partial charge is 0.397 e. The summed E-state index contributed by atoms with van der Waals surface area (Å²) in [6.45, 7) is 12.0. The molecule has 5 amide bonds. The molecule has 1 aliphatic heterocycles. The van der Waals surface area contributed by atoms with Crippen LogP contribution in [0, 0.1) is 0 Å². The second kappa shape index (κ2) is 53.3. The van der Waals surface area contributed by atoms with Crippen LogP contribution in [0.25, 0.3) is 21.8 Å². The highest BCUT2D eigenvalue weighted by atomic mass is 35.5. The summed E-state index contributed by atoms with van der Waals surface area (Å²) in [6, 6.07) is 46.1. The Bertz CT molecular complexity index is 6130. The van der Waals surface area contributed by atoms with Gasteiger partial charge in [0, 0.05) is 66.2 Å². The van der Waals surface area contributed by atoms with Crippen LogP contribution in [0.2, 0.25) is 30.1 Å². The van der Waals surface area contributed by atoms with Crippen LogP contribution in [-0.2, 0) is 96.1 Å². The van der Waals surface area contributed by atoms with Gasteiger partial charge in [0.15, 0.2) is 0 Å². The number of rotatable bonds is 31. The van der Waals surface area contributed by atoms with Gasteiger partial charge in [0.05, 0.1) is 130 Å². The van der Waals surface area contributed by atoms with Crippen molar-refractivity contribution in [3.05, 3.63) is 294 Å². The van der Waals surface area contributed by atoms with Gasteiger partial charge >= 0.3 is 59.2 Å². The first-order valence-corrected chi connectivity index (χ1v) is 43.0. The molecule has 9 aromatic carbocycles. The Balaban J connectivity index is 0.000000223. The fourth-order valence-corrected chi connectivity index (χ4v) is 13.9. The Morgan fingerprint density at radius 2 is 0.844 bits per heavy atom. The van der Waals surface area contributed by atoms with Gasteiger partial charge in [-0.15, -0.1) is 0 Å². The minimum Gasteiger partial charge on any atom is -0.478 e. The Morgan fingerprint density at radius 1 is 0.489 bits per heavy atom. The van der Waals surface area contributed by atoms with E-state index in [2.05, 4.69) is 40.6 Å². The fourth-order valence-electron chi connectivity index (χ4n) is 12.1. The number of methoxy groups -OCH3 is 1. The van der Waals surface area contributed by atoms with Crippen molar-refractivity contribution in [1.29, 1.82) is 0 Å². The maximum Gasteiger partial charge on any atom is 0.397 e. The van der Waals surface area contributed by atoms with E-state index >= 15 is 0 Å². The van der Waals surface area contributed by atoms with E-state index in [9.17, 15) is 71.9 Å². The summed E-state index contributed by atoms with van der Waals surface area (Å²) >= 11 is 36.3. The molecule has 0 spiro atoms. The van der Waals surface area contributed by atoms with Crippen molar-refractivity contribution in [1.82, 2.24) is 35.7 Å². The van der Waals surface area contributed by atoms with Crippen LogP contribution in [0.4, 0.5) is 17.1 Å². The first kappa shape index (κ1) is 108. The number of fused-ring (bicyclic) bond motifs is 3. The number of isocyanates is 2. The van der Waals surface area contributed by atoms with E-state index < -0.39 is 82.9 Å². The average molecular weight is 1970 g/mol. The monoisotopic (exact) mass is 1960 g/mol. The molecule has 0 saturated heterocycles. The van der Waals surface area contributed by atoms with Crippen LogP contribution in [0.15, 0.2) is 210 Å². The first-order chi connectivity index (χ1) is 64.3. The Morgan fingerprint density at radius 3 is 1.20 bits per heavy atom. The van der Waals surface area contributed by atoms with Gasteiger partial charge in [-0.25, -0.2) is 43.2 Å². The maximum absolute atomic E-state index is 12.7. The number of hydrogen-bond donors (Lipinski definition) is 4. The number of cyclic esters (lactones) is 2. The van der Waals surface area contributed by atoms with E-state index in [4.69, 9.17) is 107 Å². The molecule has 11 aromatic rings. The third-order valence-electron chi connectivity index (χ3n) is 18.5. The van der Waals surface area contributed by atoms with Crippen LogP contribution >= 0.6 is 69.6 Å². The molecule has 0 unspecified atom stereocenters. The third kappa shape index (κ3) is 33.3. The second-order valence-electron chi connectivity index (χ2n) is 29.5. The van der Waals surface area contributed by atoms with Gasteiger partial charge in [0.2, 0.25) is 25.0 Å². The van der Waals surface area contributed by atoms with Gasteiger partial charge in [-0.2, -0.15) is 20.0 Å². The van der Waals surface area contributed by atoms with Gasteiger partial charge in [0.25, 0.3) is 17.7 Å². The molecule has 34 nitrogen and oxygen atoms in total. The largest absolute Gasteiger partial charge is 0.478 e. The molecule has 0 saturated carbocycles. The van der Waals surface area contributed by atoms with E-state index in [1.807, 2.05) is 31.1 Å². The number of benzene rings is 9. The number of carboxylic acid groups (broad SMARTS) is 1. The van der Waals surface area contributed by atoms with Crippen molar-refractivity contribution in [2.45, 2.75) is 111 Å². The van der Waals surface area contributed by atoms with Crippen LogP contribution < -0.4 is 41.6 Å². The third-order valence-corrected chi connectivity index (χ3v) is 20.4. The number of aliphatic imine (C=N–C) groups is 2. The highest BCUT2D eigenvalue weighted by molar-refractivity contribution is 6.41. The van der Waals surface area contributed by atoms with Crippen molar-refractivity contribution >= 4 is 187 Å². The number of aromatic nitrogens is 2. The molecule has 0 aliphatic carbocycles. The summed E-state index contributed by atoms with van der Waals surface area (Å²) in [7, 11) is 8.35. The molecule has 0 bridgehead atoms. The van der Waals surface area contributed by atoms with E-state index in [0.717, 1.165) is 34.4 Å². The second-order valence-corrected chi connectivity index (χ2v) is 32.0. The van der Waals surface area contributed by atoms with Crippen LogP contribution in [0.1, 0.15) is 127 Å². The number of halogens is 6. The minimum absolute atomic E-state index is 0.0163. The van der Waals surface area contributed by atoms with Crippen LogP contribution in [-0.4, -0.2) is 182 Å². The molecule has 2 aromatic heterocycles. The lowest BCUT2D eigenvalue weighted by molar-refractivity contribution is -0.150. The van der Waals surface area contributed by atoms with Gasteiger partial charge in [-0.3, -0.25) is 28.8 Å². The summed E-state index contributed by atoms with van der Waals surface area (Å²) in [4.78, 5) is 194. The Labute approximate surface area is 802 Å². The topological polar surface area (TPSA) is 454 Å². The summed E-state index contributed by atoms with van der Waals surface area (Å²) < 4.78 is 39.8. The van der Waals surface area contributed by atoms with Gasteiger partial charge < -0.3 is 73.0 Å². The van der Waals surface area contributed by atoms with Gasteiger partial charge in [-0.1, -0.05) is 142 Å². The lowest BCUT2D eigenvalue weighted by Crippen LogP contribution is -2.44. The molecule has 3 atom stereocenters. The molecule has 40 heteroatoms. The normalized spacial score (nSPS) is 11.5. The van der Waals surface area contributed by atoms with Crippen molar-refractivity contribution in [3.63, 3.8) is 0 Å². The number of amides is 5. The summed E-state index contributed by atoms with van der Waals surface area (Å²) in [5.41, 5.74) is 7.18. The van der Waals surface area contributed by atoms with Crippen LogP contribution in [0.3, 0.4) is 0 Å². The number of anilines is 1. The number of hydrogen-bond acceptors (Lipinski definition) is 28. The summed E-state index contributed by atoms with van der Waals surface area (Å²) in [5, 5.41) is 18.7. The highest BCUT2D eigenvalue weighted by Crippen LogP contribution is 2.30. The predicted molar refractivity (Wildman–Crippen MR) is 503 cm³/mol. The van der Waals surface area contributed by atoms with E-state index in [0.29, 0.717) is 82.6 Å². The highest BCUT2D eigenvalue weighted by Gasteiger charge is 2.31. The number of nitrogens with one attached hydrogen (secondary N) is 3. The number of carbonyl (C=O) groups is 11. The fraction of sp³-hybridized carbons (Fsp3) is 0.253. The van der Waals surface area contributed by atoms with Gasteiger partial charge in [0.1, 0.15) is 18.1 Å². The zero-order chi connectivity index (χ0) is 99.3. The standard InChI is InChI=1S/C20H18Cl2N2O4.C20H19Cl2NO5.C18H14Cl2N2O4.C13H14N2O4.C12H14N2O3.C12H11NO4/c1-12(2)28-20(27)17(10-13-6-8-14(9-7-13)23-11-25)24-19(26)18-15(21)4-3-5-16(18)22;1-11(2)28-20(27)16(10-12-6-8-13(9-7-12)19(25)26)23-18(24)17-14(21)4-3-5-15(17)22;1-26-18(25)15(9-11-5-7-12(8-6-11)21-10-23)22-17(24)16-13(19)3-2-4-14(16)20;1-3-18-13-14-11-5-4-9(7-15(2)8-16)6-10(11)12(17)19-13;1-4-16-12-13-10-6-5-8(14(2)3)7-9(10)11(15)17-12;1-13(7-14)6-8-2-3-9-5-11(15)17-12(16)10(9)4-8/h3-9,12,17H,10H2,1-2H3,(H,24,26);3-9,11,16H,10H2,1-2H3,(H,23,24)(H,25,26);2-8,15H,9H2,1H3,(H,22,24);4-6,8H,3,7H2,1-2H3;5-7H,4H2,1-3H3;2-4,7H,5-6H2,1H3/t17-;16-;15-;;;/m000.../s1. The molecule has 0 fully saturated rings. The lowest BCUT2D eigenvalue weighted by Gasteiger charge is -2.20. The molecular formula is C95H90Cl6N10O24. The molecule has 12 rings (SSSR count).